The summed E-state index contributed by atoms with van der Waals surface area (Å²) in [5.74, 6) is 0. The maximum absolute atomic E-state index is 2.21. The Kier molecular flexibility index (Phi) is 6.76. The standard InChI is InChI=1S/C13H13P.C12H10/c1-11-7-5-6-10-13(11)14-12-8-3-2-4-9-12;1-3-7-11(8-4-1)12-9-5-2-6-10-12/h2-10,14H,1H3;1-10H. The fraction of sp³-hybridized carbons (Fsp3) is 0.0400. The summed E-state index contributed by atoms with van der Waals surface area (Å²) in [6.07, 6.45) is 0. The number of rotatable bonds is 3. The lowest BCUT2D eigenvalue weighted by Crippen LogP contribution is -2.05. The summed E-state index contributed by atoms with van der Waals surface area (Å²) in [5, 5.41) is 2.85. The lowest BCUT2D eigenvalue weighted by Gasteiger charge is -2.04. The molecule has 128 valence electrons. The molecule has 0 aliphatic carbocycles. The summed E-state index contributed by atoms with van der Waals surface area (Å²) in [5.41, 5.74) is 3.94. The normalized spacial score (nSPS) is 10.3. The summed E-state index contributed by atoms with van der Waals surface area (Å²) in [4.78, 5) is 0. The Labute approximate surface area is 158 Å². The summed E-state index contributed by atoms with van der Waals surface area (Å²) in [7, 11) is 0.776. The van der Waals surface area contributed by atoms with Gasteiger partial charge in [0.15, 0.2) is 0 Å². The van der Waals surface area contributed by atoms with Gasteiger partial charge in [-0.1, -0.05) is 124 Å². The Hall–Kier alpha value is -2.69. The van der Waals surface area contributed by atoms with Gasteiger partial charge in [-0.05, 0) is 34.2 Å². The first-order valence-corrected chi connectivity index (χ1v) is 9.81. The predicted octanol–water partition coefficient (Wildman–Crippen LogP) is 5.98. The minimum absolute atomic E-state index is 0.776. The molecule has 0 fully saturated rings. The lowest BCUT2D eigenvalue weighted by molar-refractivity contribution is 1.52. The van der Waals surface area contributed by atoms with Gasteiger partial charge in [-0.2, -0.15) is 0 Å². The van der Waals surface area contributed by atoms with E-state index in [0.29, 0.717) is 0 Å². The molecular weight excluding hydrogens is 331 g/mol. The molecule has 0 aliphatic heterocycles. The highest BCUT2D eigenvalue weighted by Gasteiger charge is 1.97. The minimum Gasteiger partial charge on any atom is -0.0622 e. The molecule has 0 heterocycles. The first kappa shape index (κ1) is 18.1. The van der Waals surface area contributed by atoms with Gasteiger partial charge in [0.1, 0.15) is 0 Å². The third kappa shape index (κ3) is 5.41. The van der Waals surface area contributed by atoms with E-state index in [-0.39, 0.29) is 0 Å². The molecule has 0 saturated carbocycles. The van der Waals surface area contributed by atoms with Crippen LogP contribution in [0, 0.1) is 6.92 Å². The van der Waals surface area contributed by atoms with Crippen molar-refractivity contribution >= 4 is 19.2 Å². The van der Waals surface area contributed by atoms with Crippen LogP contribution in [-0.2, 0) is 0 Å². The zero-order valence-electron chi connectivity index (χ0n) is 15.0. The van der Waals surface area contributed by atoms with Crippen molar-refractivity contribution in [3.8, 4) is 11.1 Å². The number of aryl methyl sites for hydroxylation is 1. The average Bonchev–Trinajstić information content (AvgIpc) is 2.72. The van der Waals surface area contributed by atoms with Crippen LogP contribution >= 0.6 is 8.58 Å². The van der Waals surface area contributed by atoms with Crippen molar-refractivity contribution in [3.05, 3.63) is 121 Å². The van der Waals surface area contributed by atoms with Crippen LogP contribution in [0.15, 0.2) is 115 Å². The van der Waals surface area contributed by atoms with E-state index < -0.39 is 0 Å². The van der Waals surface area contributed by atoms with Gasteiger partial charge in [0.25, 0.3) is 0 Å². The summed E-state index contributed by atoms with van der Waals surface area (Å²) < 4.78 is 0. The Balaban J connectivity index is 0.000000152. The summed E-state index contributed by atoms with van der Waals surface area (Å²) >= 11 is 0. The van der Waals surface area contributed by atoms with Crippen molar-refractivity contribution in [1.29, 1.82) is 0 Å². The van der Waals surface area contributed by atoms with Crippen molar-refractivity contribution in [2.24, 2.45) is 0 Å². The molecule has 0 radical (unpaired) electrons. The van der Waals surface area contributed by atoms with Crippen LogP contribution in [0.4, 0.5) is 0 Å². The molecule has 1 atom stereocenters. The Morgan fingerprint density at radius 1 is 0.462 bits per heavy atom. The molecule has 1 unspecified atom stereocenters. The largest absolute Gasteiger partial charge is 0.0622 e. The highest BCUT2D eigenvalue weighted by Crippen LogP contribution is 2.17. The second-order valence-corrected chi connectivity index (χ2v) is 7.40. The lowest BCUT2D eigenvalue weighted by atomic mass is 10.1. The Morgan fingerprint density at radius 2 is 0.885 bits per heavy atom. The molecule has 4 aromatic rings. The molecule has 0 saturated heterocycles. The molecular formula is C25H23P. The second kappa shape index (κ2) is 9.70. The van der Waals surface area contributed by atoms with Crippen molar-refractivity contribution < 1.29 is 0 Å². The third-order valence-electron chi connectivity index (χ3n) is 4.08. The van der Waals surface area contributed by atoms with Crippen LogP contribution in [0.25, 0.3) is 11.1 Å². The Morgan fingerprint density at radius 3 is 1.38 bits per heavy atom. The molecule has 0 aliphatic rings. The van der Waals surface area contributed by atoms with Crippen LogP contribution in [0.2, 0.25) is 0 Å². The van der Waals surface area contributed by atoms with Gasteiger partial charge in [0, 0.05) is 0 Å². The van der Waals surface area contributed by atoms with E-state index >= 15 is 0 Å². The van der Waals surface area contributed by atoms with Gasteiger partial charge in [-0.25, -0.2) is 0 Å². The first-order chi connectivity index (χ1) is 12.8. The van der Waals surface area contributed by atoms with Crippen molar-refractivity contribution in [3.63, 3.8) is 0 Å². The maximum Gasteiger partial charge on any atom is -0.0184 e. The monoisotopic (exact) mass is 354 g/mol. The van der Waals surface area contributed by atoms with Crippen LogP contribution in [-0.4, -0.2) is 0 Å². The van der Waals surface area contributed by atoms with Gasteiger partial charge in [0.05, 0.1) is 0 Å². The first-order valence-electron chi connectivity index (χ1n) is 8.81. The zero-order chi connectivity index (χ0) is 18.0. The van der Waals surface area contributed by atoms with E-state index in [1.165, 1.54) is 27.3 Å². The summed E-state index contributed by atoms with van der Waals surface area (Å²) in [6, 6.07) is 40.0. The van der Waals surface area contributed by atoms with Crippen LogP contribution in [0.5, 0.6) is 0 Å². The quantitative estimate of drug-likeness (QED) is 0.397. The number of benzene rings is 4. The van der Waals surface area contributed by atoms with Gasteiger partial charge >= 0.3 is 0 Å². The SMILES string of the molecule is Cc1ccccc1Pc1ccccc1.c1ccc(-c2ccccc2)cc1. The molecule has 26 heavy (non-hydrogen) atoms. The second-order valence-electron chi connectivity index (χ2n) is 6.04. The number of hydrogen-bond donors (Lipinski definition) is 0. The highest BCUT2D eigenvalue weighted by atomic mass is 31.1. The van der Waals surface area contributed by atoms with Crippen molar-refractivity contribution in [1.82, 2.24) is 0 Å². The molecule has 0 bridgehead atoms. The van der Waals surface area contributed by atoms with Crippen molar-refractivity contribution in [2.45, 2.75) is 6.92 Å². The molecule has 4 rings (SSSR count). The van der Waals surface area contributed by atoms with Crippen LogP contribution in [0.3, 0.4) is 0 Å². The van der Waals surface area contributed by atoms with Crippen molar-refractivity contribution in [2.75, 3.05) is 0 Å². The molecule has 0 spiro atoms. The summed E-state index contributed by atoms with van der Waals surface area (Å²) in [6.45, 7) is 2.17. The van der Waals surface area contributed by atoms with E-state index in [4.69, 9.17) is 0 Å². The zero-order valence-corrected chi connectivity index (χ0v) is 16.0. The topological polar surface area (TPSA) is 0 Å². The molecule has 0 amide bonds. The molecule has 0 aromatic heterocycles. The van der Waals surface area contributed by atoms with Gasteiger partial charge in [-0.15, -0.1) is 0 Å². The average molecular weight is 354 g/mol. The molecule has 0 nitrogen and oxygen atoms in total. The van der Waals surface area contributed by atoms with E-state index in [2.05, 4.69) is 110 Å². The van der Waals surface area contributed by atoms with E-state index in [1.54, 1.807) is 0 Å². The van der Waals surface area contributed by atoms with E-state index in [9.17, 15) is 0 Å². The smallest absolute Gasteiger partial charge is 0.0184 e. The fourth-order valence-electron chi connectivity index (χ4n) is 2.65. The number of hydrogen-bond acceptors (Lipinski definition) is 0. The maximum atomic E-state index is 2.21. The molecule has 0 N–H and O–H groups in total. The fourth-order valence-corrected chi connectivity index (χ4v) is 3.78. The van der Waals surface area contributed by atoms with Gasteiger partial charge in [-0.3, -0.25) is 0 Å². The van der Waals surface area contributed by atoms with E-state index in [0.717, 1.165) is 8.58 Å². The van der Waals surface area contributed by atoms with Gasteiger partial charge in [0.2, 0.25) is 0 Å². The highest BCUT2D eigenvalue weighted by molar-refractivity contribution is 7.55. The van der Waals surface area contributed by atoms with E-state index in [1.807, 2.05) is 12.1 Å². The van der Waals surface area contributed by atoms with Crippen LogP contribution in [0.1, 0.15) is 5.56 Å². The molecule has 4 aromatic carbocycles. The van der Waals surface area contributed by atoms with Crippen LogP contribution < -0.4 is 10.6 Å². The Bertz CT molecular complexity index is 863. The minimum atomic E-state index is 0.776. The van der Waals surface area contributed by atoms with Gasteiger partial charge < -0.3 is 0 Å². The predicted molar refractivity (Wildman–Crippen MR) is 117 cm³/mol. The molecule has 1 heteroatoms. The third-order valence-corrected chi connectivity index (χ3v) is 5.53.